The van der Waals surface area contributed by atoms with Crippen LogP contribution < -0.4 is 5.43 Å². The Bertz CT molecular complexity index is 685. The molecular weight excluding hydrogens is 248 g/mol. The summed E-state index contributed by atoms with van der Waals surface area (Å²) in [7, 11) is 0. The summed E-state index contributed by atoms with van der Waals surface area (Å²) in [5.74, 6) is 1.40. The molecule has 0 radical (unpaired) electrons. The van der Waals surface area contributed by atoms with Gasteiger partial charge in [-0.25, -0.2) is 15.0 Å². The lowest BCUT2D eigenvalue weighted by atomic mass is 10.3. The highest BCUT2D eigenvalue weighted by Crippen LogP contribution is 2.28. The van der Waals surface area contributed by atoms with Crippen LogP contribution in [0.2, 0.25) is 0 Å². The predicted octanol–water partition coefficient (Wildman–Crippen LogP) is 2.17. The fourth-order valence-electron chi connectivity index (χ4n) is 1.55. The van der Waals surface area contributed by atoms with Crippen LogP contribution in [0.25, 0.3) is 10.2 Å². The van der Waals surface area contributed by atoms with Gasteiger partial charge in [0.2, 0.25) is 0 Å². The van der Waals surface area contributed by atoms with Crippen LogP contribution in [0, 0.1) is 6.92 Å². The summed E-state index contributed by atoms with van der Waals surface area (Å²) in [4.78, 5) is 15.4. The van der Waals surface area contributed by atoms with Gasteiger partial charge in [0.05, 0.1) is 16.4 Å². The van der Waals surface area contributed by atoms with Gasteiger partial charge >= 0.3 is 0 Å². The van der Waals surface area contributed by atoms with E-state index in [2.05, 4.69) is 35.8 Å². The first-order valence-electron chi connectivity index (χ1n) is 5.32. The Balaban J connectivity index is 1.87. The number of imidazole rings is 1. The molecule has 2 N–H and O–H groups in total. The highest BCUT2D eigenvalue weighted by molar-refractivity contribution is 7.18. The summed E-state index contributed by atoms with van der Waals surface area (Å²) < 4.78 is 1.01. The number of aryl methyl sites for hydroxylation is 1. The fraction of sp³-hybridized carbons (Fsp3) is 0.0909. The zero-order valence-corrected chi connectivity index (χ0v) is 10.4. The topological polar surface area (TPSA) is 78.9 Å². The van der Waals surface area contributed by atoms with Crippen molar-refractivity contribution in [2.24, 2.45) is 5.10 Å². The molecule has 3 rings (SSSR count). The maximum atomic E-state index is 4.25. The van der Waals surface area contributed by atoms with Crippen molar-refractivity contribution in [1.82, 2.24) is 19.9 Å². The van der Waals surface area contributed by atoms with Crippen molar-refractivity contribution in [2.75, 3.05) is 5.43 Å². The molecule has 3 heterocycles. The van der Waals surface area contributed by atoms with Crippen molar-refractivity contribution in [1.29, 1.82) is 0 Å². The van der Waals surface area contributed by atoms with Gasteiger partial charge in [-0.2, -0.15) is 5.10 Å². The quantitative estimate of drug-likeness (QED) is 0.557. The average molecular weight is 258 g/mol. The molecule has 0 atom stereocenters. The van der Waals surface area contributed by atoms with Gasteiger partial charge in [0.1, 0.15) is 12.2 Å². The van der Waals surface area contributed by atoms with Crippen molar-refractivity contribution >= 4 is 33.6 Å². The summed E-state index contributed by atoms with van der Waals surface area (Å²) in [5, 5.41) is 6.15. The number of H-pyrrole nitrogens is 1. The second-order valence-corrected chi connectivity index (χ2v) is 4.54. The molecule has 90 valence electrons. The van der Waals surface area contributed by atoms with E-state index in [1.165, 1.54) is 6.33 Å². The number of nitrogens with one attached hydrogen (secondary N) is 2. The van der Waals surface area contributed by atoms with Gasteiger partial charge in [-0.05, 0) is 17.9 Å². The average Bonchev–Trinajstić information content (AvgIpc) is 3.01. The van der Waals surface area contributed by atoms with E-state index in [-0.39, 0.29) is 0 Å². The molecule has 6 nitrogen and oxygen atoms in total. The molecule has 0 spiro atoms. The molecule has 0 amide bonds. The Kier molecular flexibility index (Phi) is 2.73. The van der Waals surface area contributed by atoms with E-state index >= 15 is 0 Å². The van der Waals surface area contributed by atoms with E-state index in [1.54, 1.807) is 29.9 Å². The first-order chi connectivity index (χ1) is 8.84. The monoisotopic (exact) mass is 258 g/mol. The SMILES string of the molecule is Cc1csc2c(N/N=C/c3ncc[nH]3)ncnc12. The smallest absolute Gasteiger partial charge is 0.167 e. The van der Waals surface area contributed by atoms with Gasteiger partial charge in [-0.1, -0.05) is 0 Å². The number of rotatable bonds is 3. The number of hydrogen-bond acceptors (Lipinski definition) is 6. The van der Waals surface area contributed by atoms with E-state index < -0.39 is 0 Å². The normalized spacial score (nSPS) is 11.4. The molecule has 0 aromatic carbocycles. The number of nitrogens with zero attached hydrogens (tertiary/aromatic N) is 4. The van der Waals surface area contributed by atoms with Crippen LogP contribution in [0.15, 0.2) is 29.2 Å². The van der Waals surface area contributed by atoms with Crippen LogP contribution in [0.3, 0.4) is 0 Å². The van der Waals surface area contributed by atoms with Crippen molar-refractivity contribution < 1.29 is 0 Å². The summed E-state index contributed by atoms with van der Waals surface area (Å²) in [6, 6.07) is 0. The number of anilines is 1. The first kappa shape index (κ1) is 10.8. The largest absolute Gasteiger partial charge is 0.344 e. The zero-order valence-electron chi connectivity index (χ0n) is 9.58. The summed E-state index contributed by atoms with van der Waals surface area (Å²) in [5.41, 5.74) is 5.02. The fourth-order valence-corrected chi connectivity index (χ4v) is 2.49. The highest BCUT2D eigenvalue weighted by Gasteiger charge is 2.06. The third kappa shape index (κ3) is 1.95. The van der Waals surface area contributed by atoms with Crippen LogP contribution >= 0.6 is 11.3 Å². The Morgan fingerprint density at radius 1 is 1.39 bits per heavy atom. The van der Waals surface area contributed by atoms with Crippen LogP contribution in [-0.2, 0) is 0 Å². The van der Waals surface area contributed by atoms with Crippen molar-refractivity contribution in [3.05, 3.63) is 35.5 Å². The van der Waals surface area contributed by atoms with Crippen molar-refractivity contribution in [2.45, 2.75) is 6.92 Å². The maximum absolute atomic E-state index is 4.25. The Morgan fingerprint density at radius 2 is 2.33 bits per heavy atom. The molecular formula is C11H10N6S. The third-order valence-corrected chi connectivity index (χ3v) is 3.50. The molecule has 0 fully saturated rings. The van der Waals surface area contributed by atoms with Gasteiger partial charge in [-0.3, -0.25) is 5.43 Å². The van der Waals surface area contributed by atoms with E-state index in [0.29, 0.717) is 11.6 Å². The van der Waals surface area contributed by atoms with E-state index in [4.69, 9.17) is 0 Å². The van der Waals surface area contributed by atoms with Crippen molar-refractivity contribution in [3.63, 3.8) is 0 Å². The van der Waals surface area contributed by atoms with E-state index in [0.717, 1.165) is 15.8 Å². The predicted molar refractivity (Wildman–Crippen MR) is 72.0 cm³/mol. The molecule has 0 aliphatic rings. The molecule has 0 unspecified atom stereocenters. The minimum atomic E-state index is 0.690. The molecule has 7 heteroatoms. The van der Waals surface area contributed by atoms with E-state index in [9.17, 15) is 0 Å². The van der Waals surface area contributed by atoms with Gasteiger partial charge in [0, 0.05) is 12.4 Å². The van der Waals surface area contributed by atoms with Crippen LogP contribution in [-0.4, -0.2) is 26.2 Å². The van der Waals surface area contributed by atoms with Crippen molar-refractivity contribution in [3.8, 4) is 0 Å². The Hall–Kier alpha value is -2.28. The van der Waals surface area contributed by atoms with Crippen LogP contribution in [0.5, 0.6) is 0 Å². The second-order valence-electron chi connectivity index (χ2n) is 3.66. The number of hydrazone groups is 1. The minimum absolute atomic E-state index is 0.690. The highest BCUT2D eigenvalue weighted by atomic mass is 32.1. The van der Waals surface area contributed by atoms with Crippen LogP contribution in [0.4, 0.5) is 5.82 Å². The third-order valence-electron chi connectivity index (χ3n) is 2.41. The van der Waals surface area contributed by atoms with Gasteiger partial charge in [0.15, 0.2) is 5.82 Å². The molecule has 18 heavy (non-hydrogen) atoms. The Labute approximate surface area is 107 Å². The maximum Gasteiger partial charge on any atom is 0.167 e. The molecule has 0 aliphatic carbocycles. The standard InChI is InChI=1S/C11H10N6S/c1-7-5-18-10-9(7)14-6-15-11(10)17-16-4-8-12-2-3-13-8/h2-6H,1H3,(H,12,13)(H,14,15,17)/b16-4+. The van der Waals surface area contributed by atoms with Gasteiger partial charge in [-0.15, -0.1) is 11.3 Å². The molecule has 3 aromatic rings. The second kappa shape index (κ2) is 4.53. The number of fused-ring (bicyclic) bond motifs is 1. The number of thiophene rings is 1. The minimum Gasteiger partial charge on any atom is -0.344 e. The lowest BCUT2D eigenvalue weighted by Gasteiger charge is -1.99. The molecule has 0 saturated carbocycles. The Morgan fingerprint density at radius 3 is 3.17 bits per heavy atom. The summed E-state index contributed by atoms with van der Waals surface area (Å²) >= 11 is 1.60. The number of aromatic amines is 1. The number of hydrogen-bond donors (Lipinski definition) is 2. The summed E-state index contributed by atoms with van der Waals surface area (Å²) in [6.07, 6.45) is 6.56. The lowest BCUT2D eigenvalue weighted by molar-refractivity contribution is 1.18. The first-order valence-corrected chi connectivity index (χ1v) is 6.20. The number of aromatic nitrogens is 4. The zero-order chi connectivity index (χ0) is 12.4. The van der Waals surface area contributed by atoms with E-state index in [1.807, 2.05) is 6.92 Å². The molecule has 0 bridgehead atoms. The lowest BCUT2D eigenvalue weighted by Crippen LogP contribution is -1.95. The molecule has 3 aromatic heterocycles. The summed E-state index contributed by atoms with van der Waals surface area (Å²) in [6.45, 7) is 2.03. The van der Waals surface area contributed by atoms with Crippen LogP contribution in [0.1, 0.15) is 11.4 Å². The molecule has 0 aliphatic heterocycles. The van der Waals surface area contributed by atoms with Gasteiger partial charge < -0.3 is 4.98 Å². The van der Waals surface area contributed by atoms with Gasteiger partial charge in [0.25, 0.3) is 0 Å². The molecule has 0 saturated heterocycles.